The number of phenols is 2. The Balaban J connectivity index is 0.00000184. The van der Waals surface area contributed by atoms with E-state index in [9.17, 15) is 10.2 Å². The molecule has 6 aromatic carbocycles. The van der Waals surface area contributed by atoms with Gasteiger partial charge in [-0.25, -0.2) is 5.11 Å². The van der Waals surface area contributed by atoms with Gasteiger partial charge in [0.25, 0.3) is 0 Å². The fraction of sp³-hybridized carbons (Fsp3) is 0.0588. The standard InChI is InChI=1S/C34H24N5O3.3Na/c1-21-18-30(32(42-2)20-29(21)38-36-27-12-6-8-22-9-7-13-31(40)33(22)27)39-37-28-17-14-23-19-25(15-16-26(23)34(28)41)35-24-10-4-3-5-11-24;;;/h3-5,8-16,18-20,35,40-41H,1-2H3;;;/q-3;3*+1. The zero-order chi connectivity index (χ0) is 29.1. The zero-order valence-electron chi connectivity index (χ0n) is 25.8. The Bertz CT molecular complexity index is 2000. The predicted molar refractivity (Wildman–Crippen MR) is 164 cm³/mol. The molecule has 0 saturated carbocycles. The molecule has 0 aliphatic rings. The number of hydrogen-bond acceptors (Lipinski definition) is 8. The molecule has 0 saturated heterocycles. The molecule has 0 amide bonds. The minimum atomic E-state index is -0.0173. The van der Waals surface area contributed by atoms with Crippen molar-refractivity contribution in [3.8, 4) is 17.2 Å². The van der Waals surface area contributed by atoms with Gasteiger partial charge in [-0.15, -0.1) is 27.3 Å². The summed E-state index contributed by atoms with van der Waals surface area (Å²) in [6, 6.07) is 36.3. The number of rotatable bonds is 7. The maximum absolute atomic E-state index is 10.9. The third kappa shape index (κ3) is 8.34. The van der Waals surface area contributed by atoms with Crippen LogP contribution in [0.3, 0.4) is 0 Å². The summed E-state index contributed by atoms with van der Waals surface area (Å²) < 4.78 is 5.55. The third-order valence-corrected chi connectivity index (χ3v) is 6.70. The van der Waals surface area contributed by atoms with Gasteiger partial charge in [0, 0.05) is 34.6 Å². The molecule has 0 atom stereocenters. The van der Waals surface area contributed by atoms with E-state index in [1.807, 2.05) is 55.5 Å². The molecule has 0 radical (unpaired) electrons. The quantitative estimate of drug-likeness (QED) is 0.139. The van der Waals surface area contributed by atoms with Crippen LogP contribution in [0.4, 0.5) is 34.1 Å². The first-order chi connectivity index (χ1) is 20.5. The number of phenolic OH excluding ortho intramolecular Hbond substituents is 2. The van der Waals surface area contributed by atoms with E-state index in [-0.39, 0.29) is 106 Å². The number of nitrogens with one attached hydrogen (secondary N) is 1. The molecule has 0 aromatic heterocycles. The van der Waals surface area contributed by atoms with Gasteiger partial charge >= 0.3 is 88.7 Å². The van der Waals surface area contributed by atoms with E-state index in [1.54, 1.807) is 36.4 Å². The van der Waals surface area contributed by atoms with Gasteiger partial charge in [0.2, 0.25) is 0 Å². The molecule has 8 nitrogen and oxygen atoms in total. The van der Waals surface area contributed by atoms with Crippen molar-refractivity contribution in [2.24, 2.45) is 20.5 Å². The van der Waals surface area contributed by atoms with Crippen LogP contribution in [0.1, 0.15) is 5.56 Å². The molecule has 11 heteroatoms. The minimum Gasteiger partial charge on any atom is -0.566 e. The predicted octanol–water partition coefficient (Wildman–Crippen LogP) is 0.708. The van der Waals surface area contributed by atoms with Crippen LogP contribution >= 0.6 is 0 Å². The number of para-hydroxylation sites is 1. The molecule has 0 unspecified atom stereocenters. The van der Waals surface area contributed by atoms with Crippen LogP contribution in [0.2, 0.25) is 0 Å². The summed E-state index contributed by atoms with van der Waals surface area (Å²) in [5, 5.41) is 44.7. The van der Waals surface area contributed by atoms with Gasteiger partial charge < -0.3 is 20.3 Å². The Labute approximate surface area is 327 Å². The number of hydrogen-bond donors (Lipinski definition) is 3. The topological polar surface area (TPSA) is 111 Å². The number of aromatic hydroxyl groups is 2. The fourth-order valence-electron chi connectivity index (χ4n) is 4.56. The number of benzene rings is 6. The van der Waals surface area contributed by atoms with Crippen LogP contribution < -0.4 is 98.7 Å². The summed E-state index contributed by atoms with van der Waals surface area (Å²) >= 11 is 0. The van der Waals surface area contributed by atoms with Crippen molar-refractivity contribution < 1.29 is 104 Å². The largest absolute Gasteiger partial charge is 1.00 e. The van der Waals surface area contributed by atoms with Crippen molar-refractivity contribution in [1.29, 1.82) is 0 Å². The molecular formula is C34H24N5Na3O3. The van der Waals surface area contributed by atoms with Crippen LogP contribution in [0.5, 0.6) is 17.2 Å². The van der Waals surface area contributed by atoms with Crippen molar-refractivity contribution >= 4 is 55.7 Å². The molecular weight excluding hydrogens is 595 g/mol. The van der Waals surface area contributed by atoms with Gasteiger partial charge in [-0.3, -0.25) is 0 Å². The van der Waals surface area contributed by atoms with Gasteiger partial charge in [-0.1, -0.05) is 35.7 Å². The second kappa shape index (κ2) is 16.7. The molecule has 6 rings (SSSR count). The normalized spacial score (nSPS) is 10.8. The average molecular weight is 620 g/mol. The molecule has 3 N–H and O–H groups in total. The third-order valence-electron chi connectivity index (χ3n) is 6.70. The number of ether oxygens (including phenoxy) is 1. The molecule has 0 aliphatic heterocycles. The number of azo groups is 2. The monoisotopic (exact) mass is 619 g/mol. The summed E-state index contributed by atoms with van der Waals surface area (Å²) in [4.78, 5) is 0. The maximum Gasteiger partial charge on any atom is 1.00 e. The number of methoxy groups -OCH3 is 1. The SMILES string of the molecule is COc1cc(N=Nc2c[c-]cc3c[c-]cc(O)c23)c(C)cc1N=Nc1[c-]cc2cc(Nc3ccccc3)ccc2c1O.[Na+].[Na+].[Na+]. The second-order valence-electron chi connectivity index (χ2n) is 9.50. The van der Waals surface area contributed by atoms with Crippen molar-refractivity contribution in [2.75, 3.05) is 12.4 Å². The molecule has 0 fully saturated rings. The molecule has 0 aliphatic carbocycles. The molecule has 6 aromatic rings. The summed E-state index contributed by atoms with van der Waals surface area (Å²) in [6.07, 6.45) is 0. The Morgan fingerprint density at radius 1 is 0.689 bits per heavy atom. The van der Waals surface area contributed by atoms with Crippen molar-refractivity contribution in [1.82, 2.24) is 0 Å². The van der Waals surface area contributed by atoms with Gasteiger partial charge in [0.05, 0.1) is 12.8 Å². The smallest absolute Gasteiger partial charge is 0.566 e. The van der Waals surface area contributed by atoms with E-state index in [2.05, 4.69) is 44.0 Å². The summed E-state index contributed by atoms with van der Waals surface area (Å²) in [7, 11) is 1.53. The van der Waals surface area contributed by atoms with E-state index >= 15 is 0 Å². The van der Waals surface area contributed by atoms with Crippen LogP contribution in [0, 0.1) is 25.1 Å². The fourth-order valence-corrected chi connectivity index (χ4v) is 4.56. The maximum atomic E-state index is 10.9. The Kier molecular flexibility index (Phi) is 13.6. The Morgan fingerprint density at radius 3 is 2.16 bits per heavy atom. The second-order valence-corrected chi connectivity index (χ2v) is 9.50. The first kappa shape index (κ1) is 36.7. The van der Waals surface area contributed by atoms with Gasteiger partial charge in [-0.2, -0.15) is 52.7 Å². The van der Waals surface area contributed by atoms with Crippen LogP contribution in [-0.2, 0) is 0 Å². The van der Waals surface area contributed by atoms with Gasteiger partial charge in [-0.05, 0) is 42.4 Å². The summed E-state index contributed by atoms with van der Waals surface area (Å²) in [5.41, 5.74) is 4.34. The Hall–Kier alpha value is -2.76. The molecule has 0 bridgehead atoms. The van der Waals surface area contributed by atoms with Crippen LogP contribution in [0.15, 0.2) is 111 Å². The van der Waals surface area contributed by atoms with Crippen molar-refractivity contribution in [3.05, 3.63) is 115 Å². The van der Waals surface area contributed by atoms with Gasteiger partial charge in [0.1, 0.15) is 11.4 Å². The average Bonchev–Trinajstić information content (AvgIpc) is 3.01. The van der Waals surface area contributed by atoms with Crippen LogP contribution in [0.25, 0.3) is 21.5 Å². The molecule has 0 heterocycles. The summed E-state index contributed by atoms with van der Waals surface area (Å²) in [5.74, 6) is 0.479. The molecule has 45 heavy (non-hydrogen) atoms. The zero-order valence-corrected chi connectivity index (χ0v) is 31.8. The van der Waals surface area contributed by atoms with Crippen LogP contribution in [-0.4, -0.2) is 17.3 Å². The molecule has 206 valence electrons. The Morgan fingerprint density at radius 2 is 1.40 bits per heavy atom. The van der Waals surface area contributed by atoms with Crippen molar-refractivity contribution in [3.63, 3.8) is 0 Å². The van der Waals surface area contributed by atoms with Crippen molar-refractivity contribution in [2.45, 2.75) is 6.92 Å². The minimum absolute atomic E-state index is 0. The van der Waals surface area contributed by atoms with E-state index in [4.69, 9.17) is 4.74 Å². The molecule has 0 spiro atoms. The number of anilines is 2. The van der Waals surface area contributed by atoms with E-state index in [0.29, 0.717) is 33.6 Å². The van der Waals surface area contributed by atoms with E-state index < -0.39 is 0 Å². The first-order valence-electron chi connectivity index (χ1n) is 13.0. The van der Waals surface area contributed by atoms with E-state index in [0.717, 1.165) is 27.7 Å². The first-order valence-corrected chi connectivity index (χ1v) is 13.0. The number of aryl methyl sites for hydroxylation is 1. The summed E-state index contributed by atoms with van der Waals surface area (Å²) in [6.45, 7) is 1.87. The number of fused-ring (bicyclic) bond motifs is 2. The van der Waals surface area contributed by atoms with E-state index in [1.165, 1.54) is 13.2 Å². The van der Waals surface area contributed by atoms with Gasteiger partial charge in [0.15, 0.2) is 0 Å². The number of nitrogens with zero attached hydrogens (tertiary/aromatic N) is 4.